The second kappa shape index (κ2) is 8.02. The molecule has 0 atom stereocenters. The minimum atomic E-state index is -2.57. The molecule has 0 saturated carbocycles. The number of fused-ring (bicyclic) bond motifs is 1. The monoisotopic (exact) mass is 384 g/mol. The van der Waals surface area contributed by atoms with Crippen LogP contribution in [-0.2, 0) is 6.54 Å². The fraction of sp³-hybridized carbons (Fsp3) is 0.350. The third-order valence-corrected chi connectivity index (χ3v) is 4.96. The Morgan fingerprint density at radius 1 is 1.11 bits per heavy atom. The van der Waals surface area contributed by atoms with Crippen molar-refractivity contribution >= 4 is 22.4 Å². The number of nitrogens with one attached hydrogen (secondary N) is 2. The SMILES string of the molecule is Cc1ncc(NCc2ccc3nccnc3c2)c(N2CCNCC2)c1C(F)F. The third kappa shape index (κ3) is 3.73. The zero-order valence-electron chi connectivity index (χ0n) is 15.6. The zero-order valence-corrected chi connectivity index (χ0v) is 15.6. The van der Waals surface area contributed by atoms with E-state index in [4.69, 9.17) is 0 Å². The summed E-state index contributed by atoms with van der Waals surface area (Å²) in [6, 6.07) is 5.83. The van der Waals surface area contributed by atoms with E-state index in [9.17, 15) is 8.78 Å². The topological polar surface area (TPSA) is 66.0 Å². The highest BCUT2D eigenvalue weighted by Crippen LogP contribution is 2.38. The lowest BCUT2D eigenvalue weighted by Gasteiger charge is -2.33. The predicted octanol–water partition coefficient (Wildman–Crippen LogP) is 3.29. The second-order valence-electron chi connectivity index (χ2n) is 6.79. The zero-order chi connectivity index (χ0) is 19.5. The van der Waals surface area contributed by atoms with Crippen LogP contribution in [0.15, 0.2) is 36.8 Å². The Hall–Kier alpha value is -2.87. The Kier molecular flexibility index (Phi) is 5.29. The van der Waals surface area contributed by atoms with Gasteiger partial charge in [-0.15, -0.1) is 0 Å². The highest BCUT2D eigenvalue weighted by molar-refractivity contribution is 5.76. The Morgan fingerprint density at radius 3 is 2.61 bits per heavy atom. The van der Waals surface area contributed by atoms with E-state index in [0.29, 0.717) is 36.7 Å². The summed E-state index contributed by atoms with van der Waals surface area (Å²) >= 11 is 0. The number of hydrogen-bond acceptors (Lipinski definition) is 6. The summed E-state index contributed by atoms with van der Waals surface area (Å²) in [5, 5.41) is 6.57. The van der Waals surface area contributed by atoms with Crippen molar-refractivity contribution in [1.29, 1.82) is 0 Å². The third-order valence-electron chi connectivity index (χ3n) is 4.96. The molecule has 2 N–H and O–H groups in total. The van der Waals surface area contributed by atoms with Gasteiger partial charge in [0.05, 0.1) is 34.2 Å². The van der Waals surface area contributed by atoms with Gasteiger partial charge in [0.15, 0.2) is 0 Å². The highest BCUT2D eigenvalue weighted by atomic mass is 19.3. The molecule has 0 unspecified atom stereocenters. The van der Waals surface area contributed by atoms with E-state index in [2.05, 4.69) is 25.6 Å². The van der Waals surface area contributed by atoms with Crippen molar-refractivity contribution in [3.8, 4) is 0 Å². The molecule has 1 aliphatic heterocycles. The highest BCUT2D eigenvalue weighted by Gasteiger charge is 2.25. The summed E-state index contributed by atoms with van der Waals surface area (Å²) in [4.78, 5) is 14.8. The Bertz CT molecular complexity index is 972. The van der Waals surface area contributed by atoms with Crippen molar-refractivity contribution in [2.45, 2.75) is 19.9 Å². The molecule has 3 heterocycles. The number of hydrogen-bond donors (Lipinski definition) is 2. The first-order valence-electron chi connectivity index (χ1n) is 9.30. The summed E-state index contributed by atoms with van der Waals surface area (Å²) in [5.74, 6) is 0. The van der Waals surface area contributed by atoms with Crippen LogP contribution >= 0.6 is 0 Å². The van der Waals surface area contributed by atoms with Crippen LogP contribution in [0.4, 0.5) is 20.2 Å². The molecule has 28 heavy (non-hydrogen) atoms. The van der Waals surface area contributed by atoms with Crippen LogP contribution in [0, 0.1) is 6.92 Å². The maximum atomic E-state index is 13.8. The molecule has 0 bridgehead atoms. The molecule has 0 radical (unpaired) electrons. The number of halogens is 2. The molecular formula is C20H22F2N6. The fourth-order valence-corrected chi connectivity index (χ4v) is 3.54. The predicted molar refractivity (Wildman–Crippen MR) is 106 cm³/mol. The first-order chi connectivity index (χ1) is 13.6. The molecule has 1 fully saturated rings. The quantitative estimate of drug-likeness (QED) is 0.704. The van der Waals surface area contributed by atoms with Gasteiger partial charge < -0.3 is 15.5 Å². The summed E-state index contributed by atoms with van der Waals surface area (Å²) < 4.78 is 27.7. The molecule has 1 aliphatic rings. The smallest absolute Gasteiger partial charge is 0.267 e. The van der Waals surface area contributed by atoms with E-state index in [-0.39, 0.29) is 5.56 Å². The van der Waals surface area contributed by atoms with Crippen LogP contribution in [0.5, 0.6) is 0 Å². The van der Waals surface area contributed by atoms with Crippen molar-refractivity contribution in [2.24, 2.45) is 0 Å². The number of aromatic nitrogens is 3. The van der Waals surface area contributed by atoms with Gasteiger partial charge in [0.2, 0.25) is 0 Å². The number of piperazine rings is 1. The van der Waals surface area contributed by atoms with Crippen molar-refractivity contribution in [3.63, 3.8) is 0 Å². The first-order valence-corrected chi connectivity index (χ1v) is 9.30. The Morgan fingerprint density at radius 2 is 1.86 bits per heavy atom. The summed E-state index contributed by atoms with van der Waals surface area (Å²) in [6.07, 6.45) is 2.39. The van der Waals surface area contributed by atoms with Crippen LogP contribution in [-0.4, -0.2) is 41.1 Å². The van der Waals surface area contributed by atoms with Crippen LogP contribution in [0.1, 0.15) is 23.2 Å². The van der Waals surface area contributed by atoms with Crippen molar-refractivity contribution in [1.82, 2.24) is 20.3 Å². The molecule has 4 rings (SSSR count). The number of pyridine rings is 1. The number of rotatable bonds is 5. The lowest BCUT2D eigenvalue weighted by Crippen LogP contribution is -2.44. The van der Waals surface area contributed by atoms with Crippen LogP contribution in [0.2, 0.25) is 0 Å². The molecule has 2 aromatic heterocycles. The molecule has 8 heteroatoms. The standard InChI is InChI=1S/C20H22F2N6/c1-13-18(20(21)22)19(28-8-6-23-7-9-28)17(12-26-13)27-11-14-2-3-15-16(10-14)25-5-4-24-15/h2-5,10,12,20,23,27H,6-9,11H2,1H3. The van der Waals surface area contributed by atoms with E-state index in [0.717, 1.165) is 29.7 Å². The molecule has 1 aromatic carbocycles. The fourth-order valence-electron chi connectivity index (χ4n) is 3.54. The average molecular weight is 384 g/mol. The minimum Gasteiger partial charge on any atom is -0.378 e. The molecule has 146 valence electrons. The van der Waals surface area contributed by atoms with E-state index in [1.165, 1.54) is 0 Å². The molecule has 3 aromatic rings. The van der Waals surface area contributed by atoms with Gasteiger partial charge in [-0.25, -0.2) is 8.78 Å². The van der Waals surface area contributed by atoms with Gasteiger partial charge in [-0.2, -0.15) is 0 Å². The van der Waals surface area contributed by atoms with E-state index in [1.54, 1.807) is 25.5 Å². The molecular weight excluding hydrogens is 362 g/mol. The maximum Gasteiger partial charge on any atom is 0.267 e. The summed E-state index contributed by atoms with van der Waals surface area (Å²) in [5.41, 5.74) is 4.19. The van der Waals surface area contributed by atoms with Crippen molar-refractivity contribution < 1.29 is 8.78 Å². The largest absolute Gasteiger partial charge is 0.378 e. The lowest BCUT2D eigenvalue weighted by atomic mass is 10.1. The molecule has 0 amide bonds. The van der Waals surface area contributed by atoms with Crippen LogP contribution < -0.4 is 15.5 Å². The number of anilines is 2. The van der Waals surface area contributed by atoms with Crippen LogP contribution in [0.3, 0.4) is 0 Å². The number of alkyl halides is 2. The van der Waals surface area contributed by atoms with Gasteiger partial charge in [0.25, 0.3) is 6.43 Å². The van der Waals surface area contributed by atoms with Crippen molar-refractivity contribution in [2.75, 3.05) is 36.4 Å². The minimum absolute atomic E-state index is 0.0104. The molecule has 0 spiro atoms. The molecule has 1 saturated heterocycles. The Labute approximate surface area is 162 Å². The summed E-state index contributed by atoms with van der Waals surface area (Å²) in [7, 11) is 0. The average Bonchev–Trinajstić information content (AvgIpc) is 2.72. The van der Waals surface area contributed by atoms with Gasteiger partial charge >= 0.3 is 0 Å². The Balaban J connectivity index is 1.65. The van der Waals surface area contributed by atoms with E-state index < -0.39 is 6.43 Å². The van der Waals surface area contributed by atoms with Crippen molar-refractivity contribution in [3.05, 3.63) is 53.6 Å². The van der Waals surface area contributed by atoms with Gasteiger partial charge in [-0.3, -0.25) is 15.0 Å². The van der Waals surface area contributed by atoms with E-state index >= 15 is 0 Å². The van der Waals surface area contributed by atoms with Gasteiger partial charge in [-0.1, -0.05) is 6.07 Å². The first kappa shape index (κ1) is 18.5. The summed E-state index contributed by atoms with van der Waals surface area (Å²) in [6.45, 7) is 5.03. The number of benzene rings is 1. The molecule has 0 aliphatic carbocycles. The normalized spacial score (nSPS) is 14.6. The van der Waals surface area contributed by atoms with Gasteiger partial charge in [0, 0.05) is 50.8 Å². The second-order valence-corrected chi connectivity index (χ2v) is 6.79. The lowest BCUT2D eigenvalue weighted by molar-refractivity contribution is 0.150. The number of nitrogens with zero attached hydrogens (tertiary/aromatic N) is 4. The van der Waals surface area contributed by atoms with E-state index in [1.807, 2.05) is 23.1 Å². The number of aryl methyl sites for hydroxylation is 1. The van der Waals surface area contributed by atoms with Gasteiger partial charge in [0.1, 0.15) is 0 Å². The maximum absolute atomic E-state index is 13.8. The van der Waals surface area contributed by atoms with Crippen LogP contribution in [0.25, 0.3) is 11.0 Å². The van der Waals surface area contributed by atoms with Gasteiger partial charge in [-0.05, 0) is 24.6 Å². The molecule has 6 nitrogen and oxygen atoms in total.